The third kappa shape index (κ3) is 4.99. The highest BCUT2D eigenvalue weighted by Gasteiger charge is 2.79. The van der Waals surface area contributed by atoms with Crippen molar-refractivity contribution in [1.82, 2.24) is 9.80 Å². The van der Waals surface area contributed by atoms with Crippen LogP contribution in [0.5, 0.6) is 0 Å². The minimum Gasteiger partial charge on any atom is -0.465 e. The highest BCUT2D eigenvalue weighted by Crippen LogP contribution is 2.64. The molecule has 5 atom stereocenters. The Morgan fingerprint density at radius 3 is 2.61 bits per heavy atom. The first-order valence-corrected chi connectivity index (χ1v) is 13.7. The minimum absolute atomic E-state index is 0.0173. The number of esters is 1. The molecule has 2 bridgehead atoms. The zero-order chi connectivity index (χ0) is 26.3. The number of carbonyl (C=O) groups excluding carboxylic acids is 3. The molecule has 3 aliphatic heterocycles. The van der Waals surface area contributed by atoms with Gasteiger partial charge in [-0.05, 0) is 51.4 Å². The standard InChI is InChI=1S/C28H44N2O6/c1-5-9-13-20-35-26(34)22-21-24(32)30(18-11-12-19-31)23(25(33)29(16-7-3)17-10-6-2)28(21)15-14-27(22,8-4)36-28/h5,7,21-23,31H,1,3,6,8-20H2,2,4H3/t21-,22-,23?,27+,28?/m0/s1. The van der Waals surface area contributed by atoms with Gasteiger partial charge in [0.25, 0.3) is 0 Å². The number of amides is 2. The molecule has 1 spiro atoms. The molecule has 1 N–H and O–H groups in total. The molecule has 0 saturated carbocycles. The van der Waals surface area contributed by atoms with Crippen LogP contribution in [-0.4, -0.2) is 82.8 Å². The molecular weight excluding hydrogens is 460 g/mol. The lowest BCUT2D eigenvalue weighted by Crippen LogP contribution is -2.56. The lowest BCUT2D eigenvalue weighted by molar-refractivity contribution is -0.162. The molecule has 0 aromatic heterocycles. The lowest BCUT2D eigenvalue weighted by atomic mass is 9.65. The number of likely N-dealkylation sites (tertiary alicyclic amines) is 1. The fourth-order valence-electron chi connectivity index (χ4n) is 6.45. The van der Waals surface area contributed by atoms with Gasteiger partial charge in [0.2, 0.25) is 11.8 Å². The van der Waals surface area contributed by atoms with Gasteiger partial charge in [-0.25, -0.2) is 0 Å². The maximum absolute atomic E-state index is 14.1. The first-order valence-electron chi connectivity index (χ1n) is 13.7. The zero-order valence-corrected chi connectivity index (χ0v) is 22.1. The van der Waals surface area contributed by atoms with Gasteiger partial charge >= 0.3 is 5.97 Å². The van der Waals surface area contributed by atoms with E-state index in [4.69, 9.17) is 9.47 Å². The van der Waals surface area contributed by atoms with Crippen LogP contribution in [0.2, 0.25) is 0 Å². The molecule has 3 fully saturated rings. The molecule has 202 valence electrons. The van der Waals surface area contributed by atoms with Crippen LogP contribution in [0.1, 0.15) is 71.6 Å². The summed E-state index contributed by atoms with van der Waals surface area (Å²) in [5.74, 6) is -2.22. The zero-order valence-electron chi connectivity index (χ0n) is 22.1. The van der Waals surface area contributed by atoms with Crippen molar-refractivity contribution in [3.05, 3.63) is 25.3 Å². The van der Waals surface area contributed by atoms with Gasteiger partial charge in [-0.1, -0.05) is 32.4 Å². The van der Waals surface area contributed by atoms with Crippen molar-refractivity contribution < 1.29 is 29.0 Å². The van der Waals surface area contributed by atoms with E-state index in [9.17, 15) is 19.5 Å². The number of allylic oxidation sites excluding steroid dienone is 1. The molecule has 3 aliphatic rings. The molecule has 3 heterocycles. The van der Waals surface area contributed by atoms with Crippen LogP contribution in [0.25, 0.3) is 0 Å². The van der Waals surface area contributed by atoms with E-state index >= 15 is 0 Å². The van der Waals surface area contributed by atoms with Gasteiger partial charge in [-0.2, -0.15) is 0 Å². The van der Waals surface area contributed by atoms with Crippen molar-refractivity contribution in [1.29, 1.82) is 0 Å². The van der Waals surface area contributed by atoms with E-state index in [0.29, 0.717) is 58.2 Å². The number of fused-ring (bicyclic) bond motifs is 1. The Morgan fingerprint density at radius 1 is 1.19 bits per heavy atom. The van der Waals surface area contributed by atoms with Gasteiger partial charge in [-0.15, -0.1) is 13.2 Å². The van der Waals surface area contributed by atoms with Crippen molar-refractivity contribution in [2.24, 2.45) is 11.8 Å². The van der Waals surface area contributed by atoms with Gasteiger partial charge in [0, 0.05) is 26.2 Å². The monoisotopic (exact) mass is 504 g/mol. The Labute approximate surface area is 215 Å². The fraction of sp³-hybridized carbons (Fsp3) is 0.750. The first-order chi connectivity index (χ1) is 17.4. The average Bonchev–Trinajstić information content (AvgIpc) is 3.48. The van der Waals surface area contributed by atoms with Crippen LogP contribution >= 0.6 is 0 Å². The molecule has 0 radical (unpaired) electrons. The van der Waals surface area contributed by atoms with Gasteiger partial charge in [0.15, 0.2) is 0 Å². The highest BCUT2D eigenvalue weighted by molar-refractivity contribution is 5.98. The van der Waals surface area contributed by atoms with Crippen LogP contribution in [0.4, 0.5) is 0 Å². The van der Waals surface area contributed by atoms with E-state index in [-0.39, 0.29) is 25.0 Å². The van der Waals surface area contributed by atoms with E-state index in [1.165, 1.54) is 0 Å². The number of ether oxygens (including phenoxy) is 2. The molecule has 0 aromatic rings. The summed E-state index contributed by atoms with van der Waals surface area (Å²) in [4.78, 5) is 44.9. The first kappa shape index (κ1) is 28.4. The summed E-state index contributed by atoms with van der Waals surface area (Å²) < 4.78 is 12.4. The number of carbonyl (C=O) groups is 3. The predicted molar refractivity (Wildman–Crippen MR) is 137 cm³/mol. The van der Waals surface area contributed by atoms with E-state index < -0.39 is 35.0 Å². The molecular formula is C28H44N2O6. The van der Waals surface area contributed by atoms with Crippen molar-refractivity contribution in [3.8, 4) is 0 Å². The Hall–Kier alpha value is -2.19. The molecule has 3 saturated heterocycles. The molecule has 2 amide bonds. The minimum atomic E-state index is -1.04. The highest BCUT2D eigenvalue weighted by atomic mass is 16.6. The van der Waals surface area contributed by atoms with Crippen molar-refractivity contribution >= 4 is 17.8 Å². The van der Waals surface area contributed by atoms with Crippen LogP contribution < -0.4 is 0 Å². The Bertz CT molecular complexity index is 831. The molecule has 2 unspecified atom stereocenters. The predicted octanol–water partition coefficient (Wildman–Crippen LogP) is 3.24. The number of hydrogen-bond donors (Lipinski definition) is 1. The van der Waals surface area contributed by atoms with Gasteiger partial charge < -0.3 is 24.4 Å². The largest absolute Gasteiger partial charge is 0.465 e. The van der Waals surface area contributed by atoms with Crippen LogP contribution in [-0.2, 0) is 23.9 Å². The number of hydrogen-bond acceptors (Lipinski definition) is 6. The number of aliphatic hydroxyl groups is 1. The summed E-state index contributed by atoms with van der Waals surface area (Å²) in [7, 11) is 0. The summed E-state index contributed by atoms with van der Waals surface area (Å²) in [5, 5.41) is 9.32. The molecule has 0 aromatic carbocycles. The van der Waals surface area contributed by atoms with Gasteiger partial charge in [-0.3, -0.25) is 14.4 Å². The van der Waals surface area contributed by atoms with E-state index in [1.54, 1.807) is 22.0 Å². The maximum atomic E-state index is 14.1. The average molecular weight is 505 g/mol. The van der Waals surface area contributed by atoms with Crippen molar-refractivity contribution in [2.45, 2.75) is 88.9 Å². The van der Waals surface area contributed by atoms with Crippen LogP contribution in [0, 0.1) is 11.8 Å². The van der Waals surface area contributed by atoms with E-state index in [1.807, 2.05) is 6.92 Å². The second kappa shape index (κ2) is 12.4. The number of unbranched alkanes of at least 4 members (excludes halogenated alkanes) is 3. The van der Waals surface area contributed by atoms with Gasteiger partial charge in [0.1, 0.15) is 17.6 Å². The van der Waals surface area contributed by atoms with E-state index in [0.717, 1.165) is 19.3 Å². The summed E-state index contributed by atoms with van der Waals surface area (Å²) in [6.07, 6.45) is 9.54. The SMILES string of the molecule is C=CCCCOC(=O)[C@@H]1[C@H]2C(=O)N(CCCCO)C(C(=O)N(CC=C)CCCC)C23CC[C@@]1(CC)O3. The quantitative estimate of drug-likeness (QED) is 0.197. The van der Waals surface area contributed by atoms with Crippen molar-refractivity contribution in [3.63, 3.8) is 0 Å². The summed E-state index contributed by atoms with van der Waals surface area (Å²) in [6, 6.07) is -0.794. The van der Waals surface area contributed by atoms with Crippen LogP contribution in [0.15, 0.2) is 25.3 Å². The normalized spacial score (nSPS) is 30.4. The van der Waals surface area contributed by atoms with Crippen LogP contribution in [0.3, 0.4) is 0 Å². The third-order valence-corrected chi connectivity index (χ3v) is 8.22. The summed E-state index contributed by atoms with van der Waals surface area (Å²) in [6.45, 7) is 13.2. The Morgan fingerprint density at radius 2 is 1.97 bits per heavy atom. The maximum Gasteiger partial charge on any atom is 0.312 e. The molecule has 3 rings (SSSR count). The Balaban J connectivity index is 1.98. The molecule has 8 heteroatoms. The topological polar surface area (TPSA) is 96.4 Å². The summed E-state index contributed by atoms with van der Waals surface area (Å²) >= 11 is 0. The smallest absolute Gasteiger partial charge is 0.312 e. The number of aliphatic hydroxyl groups excluding tert-OH is 1. The second-order valence-corrected chi connectivity index (χ2v) is 10.3. The second-order valence-electron chi connectivity index (χ2n) is 10.3. The third-order valence-electron chi connectivity index (χ3n) is 8.22. The molecule has 36 heavy (non-hydrogen) atoms. The Kier molecular flexibility index (Phi) is 9.75. The lowest BCUT2D eigenvalue weighted by Gasteiger charge is -2.37. The molecule has 8 nitrogen and oxygen atoms in total. The summed E-state index contributed by atoms with van der Waals surface area (Å²) in [5.41, 5.74) is -1.84. The van der Waals surface area contributed by atoms with E-state index in [2.05, 4.69) is 20.1 Å². The number of rotatable bonds is 16. The number of nitrogens with zero attached hydrogens (tertiary/aromatic N) is 2. The molecule has 0 aliphatic carbocycles. The fourth-order valence-corrected chi connectivity index (χ4v) is 6.45. The van der Waals surface area contributed by atoms with Gasteiger partial charge in [0.05, 0.1) is 18.1 Å². The van der Waals surface area contributed by atoms with Crippen molar-refractivity contribution in [2.75, 3.05) is 32.8 Å².